The molecule has 2 aromatic rings. The van der Waals surface area contributed by atoms with Crippen LogP contribution >= 0.6 is 12.4 Å². The molecule has 0 fully saturated rings. The largest absolute Gasteiger partial charge is 0.453 e. The van der Waals surface area contributed by atoms with Crippen molar-refractivity contribution < 1.29 is 14.0 Å². The van der Waals surface area contributed by atoms with Crippen LogP contribution in [0.4, 0.5) is 4.39 Å². The lowest BCUT2D eigenvalue weighted by Crippen LogP contribution is -2.11. The third-order valence-corrected chi connectivity index (χ3v) is 1.84. The average Bonchev–Trinajstić information content (AvgIpc) is 2.59. The molecule has 0 unspecified atom stereocenters. The highest BCUT2D eigenvalue weighted by Gasteiger charge is 2.07. The average molecular weight is 231 g/mol. The molecule has 0 saturated carbocycles. The summed E-state index contributed by atoms with van der Waals surface area (Å²) in [6.07, 6.45) is 0. The first-order valence-corrected chi connectivity index (χ1v) is 3.87. The van der Waals surface area contributed by atoms with Crippen molar-refractivity contribution in [3.63, 3.8) is 0 Å². The fraction of sp³-hybridized carbons (Fsp3) is 0. The second kappa shape index (κ2) is 4.18. The minimum absolute atomic E-state index is 0. The number of hydrogen-bond acceptors (Lipinski definition) is 3. The van der Waals surface area contributed by atoms with Crippen LogP contribution in [0.2, 0.25) is 0 Å². The molecule has 0 bridgehead atoms. The number of oxime groups is 1. The van der Waals surface area contributed by atoms with Gasteiger partial charge in [-0.3, -0.25) is 0 Å². The molecule has 2 rings (SSSR count). The van der Waals surface area contributed by atoms with E-state index in [1.807, 2.05) is 0 Å². The summed E-state index contributed by atoms with van der Waals surface area (Å²) >= 11 is 0. The zero-order valence-electron chi connectivity index (χ0n) is 7.48. The Balaban J connectivity index is 0.00000112. The Bertz CT molecular complexity index is 510. The van der Waals surface area contributed by atoms with E-state index in [2.05, 4.69) is 5.16 Å². The minimum Gasteiger partial charge on any atom is -0.453 e. The summed E-state index contributed by atoms with van der Waals surface area (Å²) in [6, 6.07) is 5.68. The number of fused-ring (bicyclic) bond motifs is 1. The molecule has 0 aliphatic heterocycles. The Morgan fingerprint density at radius 3 is 2.80 bits per heavy atom. The summed E-state index contributed by atoms with van der Waals surface area (Å²) < 4.78 is 17.9. The zero-order valence-corrected chi connectivity index (χ0v) is 8.29. The van der Waals surface area contributed by atoms with Gasteiger partial charge in [-0.1, -0.05) is 5.16 Å². The number of rotatable bonds is 1. The Hall–Kier alpha value is -1.75. The highest BCUT2D eigenvalue weighted by atomic mass is 35.5. The highest BCUT2D eigenvalue weighted by molar-refractivity contribution is 5.98. The lowest BCUT2D eigenvalue weighted by Gasteiger charge is -1.89. The number of amidine groups is 1. The van der Waals surface area contributed by atoms with E-state index in [0.29, 0.717) is 11.0 Å². The minimum atomic E-state index is -0.391. The van der Waals surface area contributed by atoms with Gasteiger partial charge in [-0.15, -0.1) is 12.4 Å². The molecule has 3 N–H and O–H groups in total. The second-order valence-electron chi connectivity index (χ2n) is 2.78. The standard InChI is InChI=1S/C9H7FN2O2.ClH/c10-6-2-1-5-3-8(9(11)12-13)14-7(5)4-6;/h1-4,13H,(H2,11,12);1H. The molecule has 1 heterocycles. The topological polar surface area (TPSA) is 71.8 Å². The maximum absolute atomic E-state index is 12.8. The zero-order chi connectivity index (χ0) is 10.1. The molecule has 0 aliphatic carbocycles. The fourth-order valence-electron chi connectivity index (χ4n) is 1.18. The number of benzene rings is 1. The molecule has 0 radical (unpaired) electrons. The van der Waals surface area contributed by atoms with E-state index >= 15 is 0 Å². The number of nitrogens with two attached hydrogens (primary N) is 1. The van der Waals surface area contributed by atoms with Crippen molar-refractivity contribution in [1.82, 2.24) is 0 Å². The third-order valence-electron chi connectivity index (χ3n) is 1.84. The van der Waals surface area contributed by atoms with Crippen molar-refractivity contribution in [3.05, 3.63) is 35.8 Å². The first-order valence-electron chi connectivity index (χ1n) is 3.87. The number of halogens is 2. The quantitative estimate of drug-likeness (QED) is 0.341. The van der Waals surface area contributed by atoms with Gasteiger partial charge in [0.05, 0.1) is 0 Å². The van der Waals surface area contributed by atoms with Crippen molar-refractivity contribution >= 4 is 29.2 Å². The van der Waals surface area contributed by atoms with Gasteiger partial charge in [-0.05, 0) is 18.2 Å². The van der Waals surface area contributed by atoms with E-state index in [0.717, 1.165) is 0 Å². The van der Waals surface area contributed by atoms with Crippen LogP contribution in [0.1, 0.15) is 5.76 Å². The highest BCUT2D eigenvalue weighted by Crippen LogP contribution is 2.19. The fourth-order valence-corrected chi connectivity index (χ4v) is 1.18. The van der Waals surface area contributed by atoms with Gasteiger partial charge in [-0.25, -0.2) is 4.39 Å². The number of hydrogen-bond donors (Lipinski definition) is 2. The van der Waals surface area contributed by atoms with E-state index in [9.17, 15) is 4.39 Å². The Labute approximate surface area is 90.6 Å². The van der Waals surface area contributed by atoms with Crippen LogP contribution in [0.25, 0.3) is 11.0 Å². The van der Waals surface area contributed by atoms with E-state index in [4.69, 9.17) is 15.4 Å². The molecule has 1 aromatic carbocycles. The van der Waals surface area contributed by atoms with Crippen LogP contribution in [0.3, 0.4) is 0 Å². The molecule has 4 nitrogen and oxygen atoms in total. The molecule has 0 atom stereocenters. The van der Waals surface area contributed by atoms with Crippen molar-refractivity contribution in [2.75, 3.05) is 0 Å². The van der Waals surface area contributed by atoms with E-state index in [-0.39, 0.29) is 24.0 Å². The molecular weight excluding hydrogens is 223 g/mol. The maximum Gasteiger partial charge on any atom is 0.205 e. The van der Waals surface area contributed by atoms with Crippen LogP contribution in [-0.4, -0.2) is 11.0 Å². The molecule has 0 aliphatic rings. The van der Waals surface area contributed by atoms with E-state index in [1.165, 1.54) is 12.1 Å². The molecule has 0 spiro atoms. The second-order valence-corrected chi connectivity index (χ2v) is 2.78. The number of furan rings is 1. The molecule has 80 valence electrons. The lowest BCUT2D eigenvalue weighted by atomic mass is 10.2. The van der Waals surface area contributed by atoms with Crippen LogP contribution in [0, 0.1) is 5.82 Å². The molecule has 0 saturated heterocycles. The first kappa shape index (κ1) is 11.3. The van der Waals surface area contributed by atoms with Gasteiger partial charge < -0.3 is 15.4 Å². The molecule has 6 heteroatoms. The lowest BCUT2D eigenvalue weighted by molar-refractivity contribution is 0.317. The summed E-state index contributed by atoms with van der Waals surface area (Å²) in [7, 11) is 0. The summed E-state index contributed by atoms with van der Waals surface area (Å²) in [5, 5.41) is 11.9. The Kier molecular flexibility index (Phi) is 3.16. The predicted octanol–water partition coefficient (Wildman–Crippen LogP) is 2.09. The summed E-state index contributed by atoms with van der Waals surface area (Å²) in [5.41, 5.74) is 5.68. The van der Waals surface area contributed by atoms with E-state index in [1.54, 1.807) is 12.1 Å². The molecule has 15 heavy (non-hydrogen) atoms. The number of nitrogens with zero attached hydrogens (tertiary/aromatic N) is 1. The summed E-state index contributed by atoms with van der Waals surface area (Å²) in [4.78, 5) is 0. The Morgan fingerprint density at radius 2 is 2.13 bits per heavy atom. The molecule has 1 aromatic heterocycles. The van der Waals surface area contributed by atoms with Crippen molar-refractivity contribution in [2.45, 2.75) is 0 Å². The van der Waals surface area contributed by atoms with Gasteiger partial charge >= 0.3 is 0 Å². The predicted molar refractivity (Wildman–Crippen MR) is 55.9 cm³/mol. The maximum atomic E-state index is 12.8. The Morgan fingerprint density at radius 1 is 1.40 bits per heavy atom. The van der Waals surface area contributed by atoms with Gasteiger partial charge in [0.2, 0.25) is 5.84 Å². The van der Waals surface area contributed by atoms with Crippen LogP contribution < -0.4 is 5.73 Å². The summed E-state index contributed by atoms with van der Waals surface area (Å²) in [6.45, 7) is 0. The monoisotopic (exact) mass is 230 g/mol. The van der Waals surface area contributed by atoms with Gasteiger partial charge in [0.1, 0.15) is 11.4 Å². The summed E-state index contributed by atoms with van der Waals surface area (Å²) in [5.74, 6) is -0.312. The smallest absolute Gasteiger partial charge is 0.205 e. The van der Waals surface area contributed by atoms with Crippen molar-refractivity contribution in [1.29, 1.82) is 0 Å². The third kappa shape index (κ3) is 2.02. The van der Waals surface area contributed by atoms with Crippen LogP contribution in [0.15, 0.2) is 33.8 Å². The SMILES string of the molecule is Cl.NC(=NO)c1cc2ccc(F)cc2o1. The van der Waals surface area contributed by atoms with Crippen molar-refractivity contribution in [2.24, 2.45) is 10.9 Å². The van der Waals surface area contributed by atoms with Crippen LogP contribution in [-0.2, 0) is 0 Å². The molecular formula is C9H8ClFN2O2. The molecule has 0 amide bonds. The van der Waals surface area contributed by atoms with Gasteiger partial charge in [0, 0.05) is 11.5 Å². The first-order chi connectivity index (χ1) is 6.70. The van der Waals surface area contributed by atoms with Gasteiger partial charge in [0.25, 0.3) is 0 Å². The van der Waals surface area contributed by atoms with Crippen molar-refractivity contribution in [3.8, 4) is 0 Å². The van der Waals surface area contributed by atoms with E-state index < -0.39 is 5.82 Å². The van der Waals surface area contributed by atoms with Crippen LogP contribution in [0.5, 0.6) is 0 Å². The van der Waals surface area contributed by atoms with Gasteiger partial charge in [0.15, 0.2) is 5.76 Å². The normalized spacial score (nSPS) is 11.4. The van der Waals surface area contributed by atoms with Gasteiger partial charge in [-0.2, -0.15) is 0 Å².